The molecule has 0 saturated heterocycles. The van der Waals surface area contributed by atoms with E-state index in [9.17, 15) is 14.4 Å². The number of rotatable bonds is 10. The summed E-state index contributed by atoms with van der Waals surface area (Å²) in [5.41, 5.74) is 4.17. The SMILES string of the molecule is COCCNC(=O)CNC(=O)c1ccc(-c2cc(C3=NN(C4CCCCCC4)C(=O)[C@@H]4CC=CC[C@H]34)ccc2OC)cc1. The molecule has 2 aromatic rings. The van der Waals surface area contributed by atoms with E-state index < -0.39 is 0 Å². The van der Waals surface area contributed by atoms with E-state index in [0.717, 1.165) is 60.9 Å². The Balaban J connectivity index is 1.39. The lowest BCUT2D eigenvalue weighted by molar-refractivity contribution is -0.140. The number of carbonyl (C=O) groups is 3. The maximum absolute atomic E-state index is 13.7. The van der Waals surface area contributed by atoms with E-state index in [-0.39, 0.29) is 42.1 Å². The van der Waals surface area contributed by atoms with Crippen LogP contribution >= 0.6 is 0 Å². The van der Waals surface area contributed by atoms with Gasteiger partial charge in [-0.15, -0.1) is 0 Å². The third-order valence-electron chi connectivity index (χ3n) is 8.70. The van der Waals surface area contributed by atoms with Crippen molar-refractivity contribution in [1.82, 2.24) is 15.6 Å². The lowest BCUT2D eigenvalue weighted by atomic mass is 9.76. The van der Waals surface area contributed by atoms with Gasteiger partial charge in [0.1, 0.15) is 5.75 Å². The summed E-state index contributed by atoms with van der Waals surface area (Å²) in [6.45, 7) is 0.689. The summed E-state index contributed by atoms with van der Waals surface area (Å²) >= 11 is 0. The fourth-order valence-corrected chi connectivity index (χ4v) is 6.35. The van der Waals surface area contributed by atoms with Gasteiger partial charge >= 0.3 is 0 Å². The Morgan fingerprint density at radius 2 is 1.60 bits per heavy atom. The molecule has 0 aromatic heterocycles. The molecule has 0 radical (unpaired) electrons. The minimum Gasteiger partial charge on any atom is -0.496 e. The number of nitrogens with one attached hydrogen (secondary N) is 2. The largest absolute Gasteiger partial charge is 0.496 e. The van der Waals surface area contributed by atoms with E-state index in [2.05, 4.69) is 28.9 Å². The van der Waals surface area contributed by atoms with Gasteiger partial charge in [0.15, 0.2) is 0 Å². The standard InChI is InChI=1S/C34H42N4O5/c1-42-20-19-35-31(39)22-36-33(40)24-15-13-23(14-16-24)29-21-25(17-18-30(29)43-2)32-27-11-7-8-12-28(27)34(41)38(37-32)26-9-5-3-4-6-10-26/h7-8,13-18,21,26-28H,3-6,9-12,19-20,22H2,1-2H3,(H,35,39)(H,36,40)/t27-,28+/m0/s1. The lowest BCUT2D eigenvalue weighted by Crippen LogP contribution is -2.49. The fraction of sp³-hybridized carbons (Fsp3) is 0.471. The number of carbonyl (C=O) groups excluding carboxylic acids is 3. The summed E-state index contributed by atoms with van der Waals surface area (Å²) in [5.74, 6) is 0.223. The highest BCUT2D eigenvalue weighted by Gasteiger charge is 2.42. The van der Waals surface area contributed by atoms with Gasteiger partial charge in [0, 0.05) is 30.7 Å². The molecule has 2 atom stereocenters. The van der Waals surface area contributed by atoms with Crippen molar-refractivity contribution in [2.45, 2.75) is 57.4 Å². The van der Waals surface area contributed by atoms with Crippen LogP contribution in [0.4, 0.5) is 0 Å². The molecule has 2 aliphatic carbocycles. The number of benzene rings is 2. The summed E-state index contributed by atoms with van der Waals surface area (Å²) in [4.78, 5) is 38.3. The second-order valence-corrected chi connectivity index (χ2v) is 11.5. The highest BCUT2D eigenvalue weighted by molar-refractivity contribution is 6.08. The number of hydrazone groups is 1. The zero-order chi connectivity index (χ0) is 30.2. The van der Waals surface area contributed by atoms with E-state index in [1.54, 1.807) is 26.4 Å². The predicted molar refractivity (Wildman–Crippen MR) is 166 cm³/mol. The van der Waals surface area contributed by atoms with Crippen LogP contribution in [0.2, 0.25) is 0 Å². The number of hydrogen-bond donors (Lipinski definition) is 2. The number of amides is 3. The van der Waals surface area contributed by atoms with Gasteiger partial charge in [-0.3, -0.25) is 14.4 Å². The Kier molecular flexibility index (Phi) is 10.3. The third-order valence-corrected chi connectivity index (χ3v) is 8.70. The molecular weight excluding hydrogens is 544 g/mol. The molecule has 1 fully saturated rings. The maximum atomic E-state index is 13.7. The number of methoxy groups -OCH3 is 2. The van der Waals surface area contributed by atoms with Gasteiger partial charge in [0.2, 0.25) is 11.8 Å². The number of ether oxygens (including phenoxy) is 2. The van der Waals surface area contributed by atoms with Crippen LogP contribution in [-0.4, -0.2) is 68.4 Å². The summed E-state index contributed by atoms with van der Waals surface area (Å²) in [6.07, 6.45) is 12.6. The molecule has 228 valence electrons. The van der Waals surface area contributed by atoms with E-state index in [0.29, 0.717) is 24.5 Å². The number of nitrogens with zero attached hydrogens (tertiary/aromatic N) is 2. The van der Waals surface area contributed by atoms with E-state index in [1.165, 1.54) is 12.8 Å². The van der Waals surface area contributed by atoms with Crippen molar-refractivity contribution < 1.29 is 23.9 Å². The van der Waals surface area contributed by atoms with Gasteiger partial charge in [-0.2, -0.15) is 5.10 Å². The van der Waals surface area contributed by atoms with Crippen molar-refractivity contribution in [3.05, 3.63) is 65.7 Å². The Morgan fingerprint density at radius 3 is 2.30 bits per heavy atom. The van der Waals surface area contributed by atoms with Gasteiger partial charge in [-0.25, -0.2) is 5.01 Å². The number of hydrogen-bond acceptors (Lipinski definition) is 6. The van der Waals surface area contributed by atoms with Crippen LogP contribution < -0.4 is 15.4 Å². The van der Waals surface area contributed by atoms with E-state index in [4.69, 9.17) is 14.6 Å². The molecule has 9 heteroatoms. The summed E-state index contributed by atoms with van der Waals surface area (Å²) < 4.78 is 10.6. The van der Waals surface area contributed by atoms with Gasteiger partial charge in [-0.05, 0) is 67.1 Å². The van der Waals surface area contributed by atoms with Crippen molar-refractivity contribution in [2.75, 3.05) is 33.9 Å². The highest BCUT2D eigenvalue weighted by Crippen LogP contribution is 2.39. The van der Waals surface area contributed by atoms with Crippen molar-refractivity contribution >= 4 is 23.4 Å². The van der Waals surface area contributed by atoms with Crippen LogP contribution in [0.25, 0.3) is 11.1 Å². The minimum atomic E-state index is -0.328. The molecule has 0 unspecified atom stereocenters. The number of fused-ring (bicyclic) bond motifs is 1. The topological polar surface area (TPSA) is 109 Å². The molecule has 3 aliphatic rings. The first-order chi connectivity index (χ1) is 21.0. The lowest BCUT2D eigenvalue weighted by Gasteiger charge is -2.40. The second-order valence-electron chi connectivity index (χ2n) is 11.5. The Hall–Kier alpha value is -3.98. The van der Waals surface area contributed by atoms with Crippen molar-refractivity contribution in [2.24, 2.45) is 16.9 Å². The molecule has 0 spiro atoms. The average Bonchev–Trinajstić information content (AvgIpc) is 3.33. The molecule has 2 aromatic carbocycles. The quantitative estimate of drug-likeness (QED) is 0.238. The average molecular weight is 587 g/mol. The number of allylic oxidation sites excluding steroid dienone is 2. The van der Waals surface area contributed by atoms with Gasteiger partial charge in [0.05, 0.1) is 37.9 Å². The smallest absolute Gasteiger partial charge is 0.251 e. The summed E-state index contributed by atoms with van der Waals surface area (Å²) in [7, 11) is 3.20. The Morgan fingerprint density at radius 1 is 0.907 bits per heavy atom. The van der Waals surface area contributed by atoms with Gasteiger partial charge < -0.3 is 20.1 Å². The minimum absolute atomic E-state index is 0.0403. The molecule has 1 heterocycles. The monoisotopic (exact) mass is 586 g/mol. The maximum Gasteiger partial charge on any atom is 0.251 e. The highest BCUT2D eigenvalue weighted by atomic mass is 16.5. The van der Waals surface area contributed by atoms with Crippen LogP contribution in [0, 0.1) is 11.8 Å². The van der Waals surface area contributed by atoms with Crippen LogP contribution in [-0.2, 0) is 14.3 Å². The first-order valence-electron chi connectivity index (χ1n) is 15.4. The molecule has 5 rings (SSSR count). The van der Waals surface area contributed by atoms with Gasteiger partial charge in [-0.1, -0.05) is 50.0 Å². The zero-order valence-electron chi connectivity index (χ0n) is 25.1. The molecule has 3 amide bonds. The molecular formula is C34H42N4O5. The molecule has 43 heavy (non-hydrogen) atoms. The first kappa shape index (κ1) is 30.5. The fourth-order valence-electron chi connectivity index (χ4n) is 6.35. The molecule has 9 nitrogen and oxygen atoms in total. The first-order valence-corrected chi connectivity index (χ1v) is 15.4. The Bertz CT molecular complexity index is 1360. The van der Waals surface area contributed by atoms with Crippen molar-refractivity contribution in [1.29, 1.82) is 0 Å². The summed E-state index contributed by atoms with van der Waals surface area (Å²) in [5, 5.41) is 12.3. The second kappa shape index (κ2) is 14.5. The molecule has 1 aliphatic heterocycles. The normalized spacial score (nSPS) is 20.6. The summed E-state index contributed by atoms with van der Waals surface area (Å²) in [6, 6.07) is 13.5. The van der Waals surface area contributed by atoms with E-state index >= 15 is 0 Å². The Labute approximate surface area is 253 Å². The van der Waals surface area contributed by atoms with E-state index in [1.807, 2.05) is 29.3 Å². The van der Waals surface area contributed by atoms with Crippen LogP contribution in [0.5, 0.6) is 5.75 Å². The van der Waals surface area contributed by atoms with Gasteiger partial charge in [0.25, 0.3) is 5.91 Å². The molecule has 2 N–H and O–H groups in total. The third kappa shape index (κ3) is 7.16. The molecule has 0 bridgehead atoms. The zero-order valence-corrected chi connectivity index (χ0v) is 25.1. The molecule has 1 saturated carbocycles. The predicted octanol–water partition coefficient (Wildman–Crippen LogP) is 4.71. The van der Waals surface area contributed by atoms with Crippen LogP contribution in [0.1, 0.15) is 67.3 Å². The van der Waals surface area contributed by atoms with Crippen molar-refractivity contribution in [3.8, 4) is 16.9 Å². The van der Waals surface area contributed by atoms with Crippen molar-refractivity contribution in [3.63, 3.8) is 0 Å². The van der Waals surface area contributed by atoms with Crippen LogP contribution in [0.3, 0.4) is 0 Å². The van der Waals surface area contributed by atoms with Crippen LogP contribution in [0.15, 0.2) is 59.7 Å².